The van der Waals surface area contributed by atoms with E-state index in [2.05, 4.69) is 5.32 Å². The summed E-state index contributed by atoms with van der Waals surface area (Å²) in [6.45, 7) is 1.15. The molecular formula is C26H25N3O5. The number of ether oxygens (including phenoxy) is 1. The van der Waals surface area contributed by atoms with Crippen LogP contribution in [0.4, 0.5) is 11.4 Å². The van der Waals surface area contributed by atoms with Crippen LogP contribution < -0.4 is 15.0 Å². The van der Waals surface area contributed by atoms with Crippen molar-refractivity contribution in [2.24, 2.45) is 5.92 Å². The Bertz CT molecular complexity index is 1150. The van der Waals surface area contributed by atoms with Gasteiger partial charge in [0.15, 0.2) is 0 Å². The summed E-state index contributed by atoms with van der Waals surface area (Å²) in [5.41, 5.74) is 2.71. The number of carbonyl (C=O) groups excluding carboxylic acids is 2. The van der Waals surface area contributed by atoms with Crippen molar-refractivity contribution in [2.75, 3.05) is 18.0 Å². The third-order valence-corrected chi connectivity index (χ3v) is 5.75. The molecule has 1 unspecified atom stereocenters. The van der Waals surface area contributed by atoms with E-state index < -0.39 is 4.92 Å². The average molecular weight is 460 g/mol. The summed E-state index contributed by atoms with van der Waals surface area (Å²) >= 11 is 0. The van der Waals surface area contributed by atoms with Crippen LogP contribution in [0.5, 0.6) is 5.75 Å². The Morgan fingerprint density at radius 1 is 1.00 bits per heavy atom. The molecule has 0 saturated carbocycles. The van der Waals surface area contributed by atoms with Crippen LogP contribution in [0.3, 0.4) is 0 Å². The summed E-state index contributed by atoms with van der Waals surface area (Å²) in [5.74, 6) is 0.0582. The van der Waals surface area contributed by atoms with Crippen molar-refractivity contribution in [3.63, 3.8) is 0 Å². The van der Waals surface area contributed by atoms with Crippen molar-refractivity contribution >= 4 is 23.2 Å². The lowest BCUT2D eigenvalue weighted by Crippen LogP contribution is -2.34. The number of rotatable bonds is 9. The lowest BCUT2D eigenvalue weighted by molar-refractivity contribution is -0.384. The number of benzene rings is 3. The quantitative estimate of drug-likeness (QED) is 0.386. The van der Waals surface area contributed by atoms with Gasteiger partial charge in [0.2, 0.25) is 11.8 Å². The third-order valence-electron chi connectivity index (χ3n) is 5.75. The fourth-order valence-electron chi connectivity index (χ4n) is 3.85. The number of nitrogens with zero attached hydrogens (tertiary/aromatic N) is 2. The second-order valence-electron chi connectivity index (χ2n) is 8.14. The molecule has 174 valence electrons. The highest BCUT2D eigenvalue weighted by Crippen LogP contribution is 2.27. The van der Waals surface area contributed by atoms with Crippen LogP contribution >= 0.6 is 0 Å². The van der Waals surface area contributed by atoms with Gasteiger partial charge in [-0.15, -0.1) is 0 Å². The van der Waals surface area contributed by atoms with E-state index in [0.717, 1.165) is 17.5 Å². The van der Waals surface area contributed by atoms with E-state index in [1.807, 2.05) is 30.3 Å². The van der Waals surface area contributed by atoms with Gasteiger partial charge < -0.3 is 15.0 Å². The summed E-state index contributed by atoms with van der Waals surface area (Å²) in [4.78, 5) is 37.0. The van der Waals surface area contributed by atoms with E-state index >= 15 is 0 Å². The molecule has 1 saturated heterocycles. The first-order valence-electron chi connectivity index (χ1n) is 11.1. The van der Waals surface area contributed by atoms with Crippen LogP contribution in [0.1, 0.15) is 17.5 Å². The van der Waals surface area contributed by atoms with Crippen LogP contribution in [0.2, 0.25) is 0 Å². The van der Waals surface area contributed by atoms with E-state index in [9.17, 15) is 19.7 Å². The van der Waals surface area contributed by atoms with Crippen LogP contribution in [-0.4, -0.2) is 29.8 Å². The van der Waals surface area contributed by atoms with E-state index in [1.54, 1.807) is 41.3 Å². The number of nitro groups is 1. The summed E-state index contributed by atoms with van der Waals surface area (Å²) in [6.07, 6.45) is 0.938. The number of carbonyl (C=O) groups is 2. The van der Waals surface area contributed by atoms with E-state index in [-0.39, 0.29) is 36.4 Å². The normalized spacial score (nSPS) is 15.2. The highest BCUT2D eigenvalue weighted by Gasteiger charge is 2.34. The van der Waals surface area contributed by atoms with Gasteiger partial charge in [0.1, 0.15) is 12.4 Å². The molecular weight excluding hydrogens is 434 g/mol. The summed E-state index contributed by atoms with van der Waals surface area (Å²) < 4.78 is 5.74. The fourth-order valence-corrected chi connectivity index (χ4v) is 3.85. The van der Waals surface area contributed by atoms with Gasteiger partial charge in [-0.2, -0.15) is 0 Å². The molecule has 1 aliphatic heterocycles. The largest absolute Gasteiger partial charge is 0.489 e. The average Bonchev–Trinajstić information content (AvgIpc) is 3.25. The maximum absolute atomic E-state index is 12.5. The topological polar surface area (TPSA) is 102 Å². The van der Waals surface area contributed by atoms with Crippen LogP contribution in [0.25, 0.3) is 0 Å². The number of hydrogen-bond donors (Lipinski definition) is 1. The minimum absolute atomic E-state index is 0.0339. The molecule has 1 heterocycles. The monoisotopic (exact) mass is 459 g/mol. The molecule has 34 heavy (non-hydrogen) atoms. The lowest BCUT2D eigenvalue weighted by Gasteiger charge is -2.17. The third kappa shape index (κ3) is 5.78. The van der Waals surface area contributed by atoms with Crippen molar-refractivity contribution in [1.29, 1.82) is 0 Å². The molecule has 0 spiro atoms. The zero-order valence-corrected chi connectivity index (χ0v) is 18.6. The van der Waals surface area contributed by atoms with Gasteiger partial charge in [0.25, 0.3) is 5.69 Å². The number of non-ortho nitro benzene ring substituents is 1. The molecule has 3 aromatic rings. The number of nitro benzene ring substituents is 1. The van der Waals surface area contributed by atoms with Crippen molar-refractivity contribution in [3.05, 3.63) is 100 Å². The molecule has 0 aromatic heterocycles. The minimum atomic E-state index is -0.443. The Morgan fingerprint density at radius 3 is 2.38 bits per heavy atom. The van der Waals surface area contributed by atoms with E-state index in [0.29, 0.717) is 24.5 Å². The van der Waals surface area contributed by atoms with Gasteiger partial charge in [-0.05, 0) is 53.9 Å². The highest BCUT2D eigenvalue weighted by atomic mass is 16.6. The van der Waals surface area contributed by atoms with Crippen LogP contribution in [-0.2, 0) is 22.6 Å². The second-order valence-corrected chi connectivity index (χ2v) is 8.14. The first kappa shape index (κ1) is 23.0. The zero-order valence-electron chi connectivity index (χ0n) is 18.6. The SMILES string of the molecule is O=C(NCCc1ccccc1)C1CC(=O)N(c2ccc(OCc3ccc([N+](=O)[O-])cc3)cc2)C1. The molecule has 0 aliphatic carbocycles. The number of nitrogens with one attached hydrogen (secondary N) is 1. The second kappa shape index (κ2) is 10.6. The Kier molecular flexibility index (Phi) is 7.17. The first-order valence-corrected chi connectivity index (χ1v) is 11.1. The fraction of sp³-hybridized carbons (Fsp3) is 0.231. The molecule has 0 radical (unpaired) electrons. The summed E-state index contributed by atoms with van der Waals surface area (Å²) in [7, 11) is 0. The Morgan fingerprint density at radius 2 is 1.71 bits per heavy atom. The van der Waals surface area contributed by atoms with E-state index in [4.69, 9.17) is 4.74 Å². The van der Waals surface area contributed by atoms with Gasteiger partial charge in [-0.25, -0.2) is 0 Å². The maximum Gasteiger partial charge on any atom is 0.269 e. The molecule has 0 bridgehead atoms. The summed E-state index contributed by atoms with van der Waals surface area (Å²) in [5, 5.41) is 13.7. The van der Waals surface area contributed by atoms with Crippen LogP contribution in [0, 0.1) is 16.0 Å². The van der Waals surface area contributed by atoms with E-state index in [1.165, 1.54) is 12.1 Å². The number of hydrogen-bond acceptors (Lipinski definition) is 5. The van der Waals surface area contributed by atoms with Crippen LogP contribution in [0.15, 0.2) is 78.9 Å². The lowest BCUT2D eigenvalue weighted by atomic mass is 10.1. The highest BCUT2D eigenvalue weighted by molar-refractivity contribution is 6.00. The Balaban J connectivity index is 1.27. The molecule has 1 atom stereocenters. The smallest absolute Gasteiger partial charge is 0.269 e. The van der Waals surface area contributed by atoms with Gasteiger partial charge >= 0.3 is 0 Å². The predicted molar refractivity (Wildman–Crippen MR) is 127 cm³/mol. The molecule has 4 rings (SSSR count). The standard InChI is InChI=1S/C26H25N3O5/c30-25-16-21(26(31)27-15-14-19-4-2-1-3-5-19)17-28(25)22-10-12-24(13-11-22)34-18-20-6-8-23(9-7-20)29(32)33/h1-13,21H,14-18H2,(H,27,31). The Labute approximate surface area is 197 Å². The molecule has 8 nitrogen and oxygen atoms in total. The molecule has 2 amide bonds. The van der Waals surface area contributed by atoms with Crippen molar-refractivity contribution < 1.29 is 19.2 Å². The first-order chi connectivity index (χ1) is 16.5. The molecule has 8 heteroatoms. The number of amides is 2. The van der Waals surface area contributed by atoms with Gasteiger partial charge in [-0.3, -0.25) is 19.7 Å². The maximum atomic E-state index is 12.5. The van der Waals surface area contributed by atoms with Gasteiger partial charge in [0, 0.05) is 37.3 Å². The van der Waals surface area contributed by atoms with Gasteiger partial charge in [-0.1, -0.05) is 30.3 Å². The molecule has 1 N–H and O–H groups in total. The van der Waals surface area contributed by atoms with Crippen molar-refractivity contribution in [2.45, 2.75) is 19.4 Å². The molecule has 3 aromatic carbocycles. The molecule has 1 aliphatic rings. The predicted octanol–water partition coefficient (Wildman–Crippen LogP) is 3.89. The summed E-state index contributed by atoms with van der Waals surface area (Å²) in [6, 6.07) is 23.2. The van der Waals surface area contributed by atoms with Crippen molar-refractivity contribution in [3.8, 4) is 5.75 Å². The Hall–Kier alpha value is -4.20. The number of anilines is 1. The van der Waals surface area contributed by atoms with Crippen molar-refractivity contribution in [1.82, 2.24) is 5.32 Å². The van der Waals surface area contributed by atoms with Gasteiger partial charge in [0.05, 0.1) is 10.8 Å². The minimum Gasteiger partial charge on any atom is -0.489 e. The zero-order chi connectivity index (χ0) is 23.9. The molecule has 1 fully saturated rings.